The van der Waals surface area contributed by atoms with Crippen LogP contribution >= 0.6 is 0 Å². The SMILES string of the molecule is C[C@H]1C[C@H]1C(=O)Nc1ccc(CCC(=O)O)cc1. The Morgan fingerprint density at radius 3 is 2.44 bits per heavy atom. The Morgan fingerprint density at radius 2 is 1.94 bits per heavy atom. The van der Waals surface area contributed by atoms with Crippen molar-refractivity contribution in [2.45, 2.75) is 26.2 Å². The molecule has 1 aromatic carbocycles. The van der Waals surface area contributed by atoms with Gasteiger partial charge in [0.15, 0.2) is 0 Å². The van der Waals surface area contributed by atoms with Gasteiger partial charge in [0.2, 0.25) is 5.91 Å². The zero-order valence-corrected chi connectivity index (χ0v) is 10.3. The molecule has 0 spiro atoms. The lowest BCUT2D eigenvalue weighted by Crippen LogP contribution is -2.14. The van der Waals surface area contributed by atoms with Gasteiger partial charge in [-0.05, 0) is 36.5 Å². The van der Waals surface area contributed by atoms with Crippen molar-refractivity contribution in [3.8, 4) is 0 Å². The standard InChI is InChI=1S/C14H17NO3/c1-9-8-12(9)14(18)15-11-5-2-10(3-6-11)4-7-13(16)17/h2-3,5-6,9,12H,4,7-8H2,1H3,(H,15,18)(H,16,17)/t9-,12+/m0/s1. The molecule has 0 unspecified atom stereocenters. The smallest absolute Gasteiger partial charge is 0.303 e. The van der Waals surface area contributed by atoms with Crippen molar-refractivity contribution in [2.75, 3.05) is 5.32 Å². The number of aliphatic carboxylic acids is 1. The summed E-state index contributed by atoms with van der Waals surface area (Å²) in [6, 6.07) is 7.36. The Hall–Kier alpha value is -1.84. The van der Waals surface area contributed by atoms with Crippen molar-refractivity contribution in [1.82, 2.24) is 0 Å². The van der Waals surface area contributed by atoms with Gasteiger partial charge in [-0.2, -0.15) is 0 Å². The van der Waals surface area contributed by atoms with E-state index in [0.717, 1.165) is 17.7 Å². The lowest BCUT2D eigenvalue weighted by atomic mass is 10.1. The molecule has 0 aromatic heterocycles. The Labute approximate surface area is 106 Å². The molecule has 1 fully saturated rings. The van der Waals surface area contributed by atoms with Crippen molar-refractivity contribution >= 4 is 17.6 Å². The molecule has 0 saturated heterocycles. The van der Waals surface area contributed by atoms with E-state index in [-0.39, 0.29) is 18.2 Å². The maximum absolute atomic E-state index is 11.7. The highest BCUT2D eigenvalue weighted by atomic mass is 16.4. The van der Waals surface area contributed by atoms with Crippen LogP contribution in [0, 0.1) is 11.8 Å². The van der Waals surface area contributed by atoms with Gasteiger partial charge in [0.05, 0.1) is 0 Å². The first kappa shape index (κ1) is 12.6. The lowest BCUT2D eigenvalue weighted by molar-refractivity contribution is -0.137. The van der Waals surface area contributed by atoms with E-state index >= 15 is 0 Å². The number of amides is 1. The molecule has 0 bridgehead atoms. The molecule has 1 amide bonds. The number of benzene rings is 1. The third kappa shape index (κ3) is 3.32. The van der Waals surface area contributed by atoms with E-state index in [4.69, 9.17) is 5.11 Å². The third-order valence-corrected chi connectivity index (χ3v) is 3.30. The summed E-state index contributed by atoms with van der Waals surface area (Å²) in [5, 5.41) is 11.5. The molecule has 1 aromatic rings. The van der Waals surface area contributed by atoms with E-state index in [1.807, 2.05) is 24.3 Å². The van der Waals surface area contributed by atoms with Gasteiger partial charge >= 0.3 is 5.97 Å². The van der Waals surface area contributed by atoms with Crippen LogP contribution < -0.4 is 5.32 Å². The number of rotatable bonds is 5. The number of carbonyl (C=O) groups excluding carboxylic acids is 1. The van der Waals surface area contributed by atoms with Crippen molar-refractivity contribution in [3.05, 3.63) is 29.8 Å². The molecule has 18 heavy (non-hydrogen) atoms. The van der Waals surface area contributed by atoms with Gasteiger partial charge in [-0.25, -0.2) is 0 Å². The number of carboxylic acids is 1. The number of nitrogens with one attached hydrogen (secondary N) is 1. The summed E-state index contributed by atoms with van der Waals surface area (Å²) < 4.78 is 0. The monoisotopic (exact) mass is 247 g/mol. The van der Waals surface area contributed by atoms with Crippen LogP contribution in [0.25, 0.3) is 0 Å². The summed E-state index contributed by atoms with van der Waals surface area (Å²) in [5.74, 6) is -0.0487. The Bertz CT molecular complexity index is 453. The van der Waals surface area contributed by atoms with E-state index in [1.165, 1.54) is 0 Å². The van der Waals surface area contributed by atoms with E-state index in [0.29, 0.717) is 12.3 Å². The third-order valence-electron chi connectivity index (χ3n) is 3.30. The number of carboxylic acid groups (broad SMARTS) is 1. The molecule has 1 aliphatic rings. The van der Waals surface area contributed by atoms with Gasteiger partial charge in [0.1, 0.15) is 0 Å². The number of hydrogen-bond acceptors (Lipinski definition) is 2. The summed E-state index contributed by atoms with van der Waals surface area (Å²) in [6.07, 6.45) is 1.62. The van der Waals surface area contributed by atoms with Crippen molar-refractivity contribution < 1.29 is 14.7 Å². The normalized spacial score (nSPS) is 21.4. The van der Waals surface area contributed by atoms with Gasteiger partial charge in [-0.15, -0.1) is 0 Å². The number of hydrogen-bond donors (Lipinski definition) is 2. The second kappa shape index (κ2) is 5.21. The highest BCUT2D eigenvalue weighted by molar-refractivity contribution is 5.94. The first-order valence-electron chi connectivity index (χ1n) is 6.18. The average Bonchev–Trinajstić information content (AvgIpc) is 3.05. The maximum atomic E-state index is 11.7. The van der Waals surface area contributed by atoms with Gasteiger partial charge < -0.3 is 10.4 Å². The maximum Gasteiger partial charge on any atom is 0.303 e. The molecular weight excluding hydrogens is 230 g/mol. The molecule has 96 valence electrons. The van der Waals surface area contributed by atoms with Crippen LogP contribution in [0.4, 0.5) is 5.69 Å². The van der Waals surface area contributed by atoms with E-state index < -0.39 is 5.97 Å². The Balaban J connectivity index is 1.87. The number of carbonyl (C=O) groups is 2. The summed E-state index contributed by atoms with van der Waals surface area (Å²) >= 11 is 0. The van der Waals surface area contributed by atoms with Gasteiger partial charge in [0.25, 0.3) is 0 Å². The van der Waals surface area contributed by atoms with Crippen LogP contribution in [0.2, 0.25) is 0 Å². The first-order valence-corrected chi connectivity index (χ1v) is 6.18. The van der Waals surface area contributed by atoms with Gasteiger partial charge in [-0.3, -0.25) is 9.59 Å². The highest BCUT2D eigenvalue weighted by Gasteiger charge is 2.38. The van der Waals surface area contributed by atoms with Gasteiger partial charge in [0, 0.05) is 18.0 Å². The molecule has 1 saturated carbocycles. The Morgan fingerprint density at radius 1 is 1.33 bits per heavy atom. The molecule has 2 N–H and O–H groups in total. The summed E-state index contributed by atoms with van der Waals surface area (Å²) in [5.41, 5.74) is 1.74. The summed E-state index contributed by atoms with van der Waals surface area (Å²) in [4.78, 5) is 22.1. The minimum atomic E-state index is -0.796. The fourth-order valence-electron chi connectivity index (χ4n) is 1.93. The Kier molecular flexibility index (Phi) is 3.65. The van der Waals surface area contributed by atoms with Crippen LogP contribution in [0.3, 0.4) is 0 Å². The highest BCUT2D eigenvalue weighted by Crippen LogP contribution is 2.38. The summed E-state index contributed by atoms with van der Waals surface area (Å²) in [7, 11) is 0. The fourth-order valence-corrected chi connectivity index (χ4v) is 1.93. The molecule has 0 aliphatic heterocycles. The predicted molar refractivity (Wildman–Crippen MR) is 68.3 cm³/mol. The van der Waals surface area contributed by atoms with E-state index in [2.05, 4.69) is 12.2 Å². The number of aryl methyl sites for hydroxylation is 1. The second-order valence-corrected chi connectivity index (χ2v) is 4.90. The quantitative estimate of drug-likeness (QED) is 0.839. The van der Waals surface area contributed by atoms with E-state index in [1.54, 1.807) is 0 Å². The van der Waals surface area contributed by atoms with Gasteiger partial charge in [-0.1, -0.05) is 19.1 Å². The molecule has 2 atom stereocenters. The molecule has 4 nitrogen and oxygen atoms in total. The molecule has 2 rings (SSSR count). The molecular formula is C14H17NO3. The van der Waals surface area contributed by atoms with Crippen LogP contribution in [-0.4, -0.2) is 17.0 Å². The molecule has 0 radical (unpaired) electrons. The van der Waals surface area contributed by atoms with Crippen molar-refractivity contribution in [2.24, 2.45) is 11.8 Å². The van der Waals surface area contributed by atoms with Crippen molar-refractivity contribution in [3.63, 3.8) is 0 Å². The van der Waals surface area contributed by atoms with E-state index in [9.17, 15) is 9.59 Å². The predicted octanol–water partition coefficient (Wildman–Crippen LogP) is 2.30. The van der Waals surface area contributed by atoms with Crippen molar-refractivity contribution in [1.29, 1.82) is 0 Å². The molecule has 0 heterocycles. The molecule has 1 aliphatic carbocycles. The second-order valence-electron chi connectivity index (χ2n) is 4.90. The first-order chi connectivity index (χ1) is 8.56. The molecule has 4 heteroatoms. The topological polar surface area (TPSA) is 66.4 Å². The summed E-state index contributed by atoms with van der Waals surface area (Å²) in [6.45, 7) is 2.07. The minimum Gasteiger partial charge on any atom is -0.481 e. The zero-order valence-electron chi connectivity index (χ0n) is 10.3. The fraction of sp³-hybridized carbons (Fsp3) is 0.429. The van der Waals surface area contributed by atoms with Crippen LogP contribution in [0.1, 0.15) is 25.3 Å². The minimum absolute atomic E-state index is 0.0841. The largest absolute Gasteiger partial charge is 0.481 e. The lowest BCUT2D eigenvalue weighted by Gasteiger charge is -2.05. The average molecular weight is 247 g/mol. The van der Waals surface area contributed by atoms with Crippen LogP contribution in [-0.2, 0) is 16.0 Å². The number of anilines is 1. The van der Waals surface area contributed by atoms with Crippen LogP contribution in [0.15, 0.2) is 24.3 Å². The van der Waals surface area contributed by atoms with Crippen LogP contribution in [0.5, 0.6) is 0 Å². The zero-order chi connectivity index (χ0) is 13.1.